The molecule has 1 amide bonds. The van der Waals surface area contributed by atoms with Crippen molar-refractivity contribution in [1.29, 1.82) is 5.26 Å². The number of hydrogen-bond acceptors (Lipinski definition) is 2. The molecule has 0 spiro atoms. The highest BCUT2D eigenvalue weighted by Gasteiger charge is 2.44. The predicted molar refractivity (Wildman–Crippen MR) is 69.6 cm³/mol. The van der Waals surface area contributed by atoms with Crippen molar-refractivity contribution in [3.8, 4) is 6.07 Å². The van der Waals surface area contributed by atoms with E-state index >= 15 is 0 Å². The normalized spacial score (nSPS) is 17.3. The number of carbonyl (C=O) groups excluding carboxylic acids is 1. The first-order valence-corrected chi connectivity index (χ1v) is 6.50. The first-order chi connectivity index (χ1) is 9.03. The van der Waals surface area contributed by atoms with Gasteiger partial charge in [-0.3, -0.25) is 4.79 Å². The Morgan fingerprint density at radius 1 is 1.58 bits per heavy atom. The van der Waals surface area contributed by atoms with Gasteiger partial charge in [0.05, 0.1) is 6.07 Å². The molecule has 19 heavy (non-hydrogen) atoms. The Kier molecular flexibility index (Phi) is 3.84. The number of halogens is 1. The molecule has 1 unspecified atom stereocenters. The van der Waals surface area contributed by atoms with Crippen molar-refractivity contribution in [3.63, 3.8) is 0 Å². The Morgan fingerprint density at radius 3 is 2.89 bits per heavy atom. The van der Waals surface area contributed by atoms with Crippen LogP contribution < -0.4 is 5.32 Å². The Morgan fingerprint density at radius 2 is 2.32 bits per heavy atom. The van der Waals surface area contributed by atoms with E-state index in [1.807, 2.05) is 13.0 Å². The average molecular weight is 260 g/mol. The highest BCUT2D eigenvalue weighted by molar-refractivity contribution is 5.78. The number of carbonyl (C=O) groups is 1. The second kappa shape index (κ2) is 5.40. The number of nitrogens with one attached hydrogen (secondary N) is 1. The maximum atomic E-state index is 13.0. The van der Waals surface area contributed by atoms with Crippen LogP contribution in [0.3, 0.4) is 0 Å². The Balaban J connectivity index is 1.83. The topological polar surface area (TPSA) is 52.9 Å². The Bertz CT molecular complexity index is 517. The van der Waals surface area contributed by atoms with Gasteiger partial charge in [0.25, 0.3) is 0 Å². The SMILES string of the molecule is CC(CC(=O)NC1(C#N)CC1)Cc1cccc(F)c1. The van der Waals surface area contributed by atoms with Crippen LogP contribution in [0.25, 0.3) is 0 Å². The molecule has 3 nitrogen and oxygen atoms in total. The zero-order valence-corrected chi connectivity index (χ0v) is 10.9. The van der Waals surface area contributed by atoms with Gasteiger partial charge in [0.2, 0.25) is 5.91 Å². The van der Waals surface area contributed by atoms with Crippen molar-refractivity contribution < 1.29 is 9.18 Å². The van der Waals surface area contributed by atoms with Crippen LogP contribution in [0.2, 0.25) is 0 Å². The minimum absolute atomic E-state index is 0.0945. The fourth-order valence-electron chi connectivity index (χ4n) is 2.16. The molecule has 4 heteroatoms. The third kappa shape index (κ3) is 3.78. The third-order valence-corrected chi connectivity index (χ3v) is 3.35. The van der Waals surface area contributed by atoms with Gasteiger partial charge >= 0.3 is 0 Å². The highest BCUT2D eigenvalue weighted by atomic mass is 19.1. The molecule has 1 aliphatic rings. The lowest BCUT2D eigenvalue weighted by Crippen LogP contribution is -2.36. The van der Waals surface area contributed by atoms with Gasteiger partial charge in [-0.1, -0.05) is 19.1 Å². The molecule has 1 atom stereocenters. The lowest BCUT2D eigenvalue weighted by Gasteiger charge is -2.13. The number of benzene rings is 1. The minimum atomic E-state index is -0.602. The molecule has 0 bridgehead atoms. The second-order valence-corrected chi connectivity index (χ2v) is 5.39. The average Bonchev–Trinajstić information content (AvgIpc) is 3.09. The van der Waals surface area contributed by atoms with Crippen LogP contribution in [0.4, 0.5) is 4.39 Å². The number of rotatable bonds is 5. The van der Waals surface area contributed by atoms with Crippen molar-refractivity contribution >= 4 is 5.91 Å². The number of hydrogen-bond donors (Lipinski definition) is 1. The molecular formula is C15H17FN2O. The highest BCUT2D eigenvalue weighted by Crippen LogP contribution is 2.34. The lowest BCUT2D eigenvalue weighted by atomic mass is 9.97. The second-order valence-electron chi connectivity index (χ2n) is 5.39. The van der Waals surface area contributed by atoms with Gasteiger partial charge in [0.15, 0.2) is 0 Å². The summed E-state index contributed by atoms with van der Waals surface area (Å²) in [6.45, 7) is 1.95. The van der Waals surface area contributed by atoms with Crippen molar-refractivity contribution in [2.45, 2.75) is 38.1 Å². The van der Waals surface area contributed by atoms with E-state index in [9.17, 15) is 9.18 Å². The summed E-state index contributed by atoms with van der Waals surface area (Å²) in [4.78, 5) is 11.8. The van der Waals surface area contributed by atoms with Crippen LogP contribution in [0.15, 0.2) is 24.3 Å². The fraction of sp³-hybridized carbons (Fsp3) is 0.467. The lowest BCUT2D eigenvalue weighted by molar-refractivity contribution is -0.122. The summed E-state index contributed by atoms with van der Waals surface area (Å²) in [5.41, 5.74) is 0.289. The van der Waals surface area contributed by atoms with E-state index < -0.39 is 5.54 Å². The summed E-state index contributed by atoms with van der Waals surface area (Å²) in [6.07, 6.45) is 2.51. The smallest absolute Gasteiger partial charge is 0.221 e. The van der Waals surface area contributed by atoms with Crippen LogP contribution in [-0.2, 0) is 11.2 Å². The summed E-state index contributed by atoms with van der Waals surface area (Å²) in [5.74, 6) is -0.227. The maximum absolute atomic E-state index is 13.0. The van der Waals surface area contributed by atoms with Crippen LogP contribution in [-0.4, -0.2) is 11.4 Å². The monoisotopic (exact) mass is 260 g/mol. The van der Waals surface area contributed by atoms with E-state index in [2.05, 4.69) is 11.4 Å². The number of nitriles is 1. The van der Waals surface area contributed by atoms with Gasteiger partial charge in [-0.15, -0.1) is 0 Å². The van der Waals surface area contributed by atoms with Gasteiger partial charge in [0.1, 0.15) is 11.4 Å². The first kappa shape index (κ1) is 13.5. The molecule has 1 N–H and O–H groups in total. The third-order valence-electron chi connectivity index (χ3n) is 3.35. The number of amides is 1. The minimum Gasteiger partial charge on any atom is -0.338 e. The van der Waals surface area contributed by atoms with Crippen molar-refractivity contribution in [3.05, 3.63) is 35.6 Å². The van der Waals surface area contributed by atoms with Crippen molar-refractivity contribution in [1.82, 2.24) is 5.32 Å². The molecule has 0 heterocycles. The van der Waals surface area contributed by atoms with Crippen LogP contribution >= 0.6 is 0 Å². The molecule has 100 valence electrons. The van der Waals surface area contributed by atoms with E-state index in [0.717, 1.165) is 18.4 Å². The van der Waals surface area contributed by atoms with Crippen molar-refractivity contribution in [2.24, 2.45) is 5.92 Å². The Hall–Kier alpha value is -1.89. The molecule has 1 aliphatic carbocycles. The van der Waals surface area contributed by atoms with E-state index in [4.69, 9.17) is 5.26 Å². The molecule has 0 aliphatic heterocycles. The summed E-state index contributed by atoms with van der Waals surface area (Å²) < 4.78 is 13.0. The summed E-state index contributed by atoms with van der Waals surface area (Å²) in [5, 5.41) is 11.7. The van der Waals surface area contributed by atoms with Gasteiger partial charge in [-0.2, -0.15) is 5.26 Å². The van der Waals surface area contributed by atoms with E-state index in [1.165, 1.54) is 12.1 Å². The van der Waals surface area contributed by atoms with Gasteiger partial charge in [0, 0.05) is 6.42 Å². The van der Waals surface area contributed by atoms with Gasteiger partial charge < -0.3 is 5.32 Å². The molecule has 1 fully saturated rings. The predicted octanol–water partition coefficient (Wildman–Crippen LogP) is 2.57. The van der Waals surface area contributed by atoms with E-state index in [1.54, 1.807) is 6.07 Å². The van der Waals surface area contributed by atoms with E-state index in [0.29, 0.717) is 12.8 Å². The molecule has 2 rings (SSSR count). The van der Waals surface area contributed by atoms with Crippen LogP contribution in [0.5, 0.6) is 0 Å². The molecule has 1 aromatic carbocycles. The Labute approximate surface area is 112 Å². The van der Waals surface area contributed by atoms with Crippen LogP contribution in [0.1, 0.15) is 31.7 Å². The summed E-state index contributed by atoms with van der Waals surface area (Å²) in [6, 6.07) is 8.56. The first-order valence-electron chi connectivity index (χ1n) is 6.50. The zero-order chi connectivity index (χ0) is 13.9. The molecule has 0 radical (unpaired) electrons. The molecule has 0 saturated heterocycles. The van der Waals surface area contributed by atoms with Crippen molar-refractivity contribution in [2.75, 3.05) is 0 Å². The van der Waals surface area contributed by atoms with Gasteiger partial charge in [-0.05, 0) is 42.9 Å². The quantitative estimate of drug-likeness (QED) is 0.884. The van der Waals surface area contributed by atoms with E-state index in [-0.39, 0.29) is 17.6 Å². The standard InChI is InChI=1S/C15H17FN2O/c1-11(7-12-3-2-4-13(16)9-12)8-14(19)18-15(10-17)5-6-15/h2-4,9,11H,5-8H2,1H3,(H,18,19). The van der Waals surface area contributed by atoms with Crippen LogP contribution in [0, 0.1) is 23.1 Å². The fourth-order valence-corrected chi connectivity index (χ4v) is 2.16. The molecule has 1 saturated carbocycles. The summed E-state index contributed by atoms with van der Waals surface area (Å²) in [7, 11) is 0. The number of nitrogens with zero attached hydrogens (tertiary/aromatic N) is 1. The maximum Gasteiger partial charge on any atom is 0.221 e. The largest absolute Gasteiger partial charge is 0.338 e. The zero-order valence-electron chi connectivity index (χ0n) is 10.9. The van der Waals surface area contributed by atoms with Gasteiger partial charge in [-0.25, -0.2) is 4.39 Å². The molecule has 0 aromatic heterocycles. The summed E-state index contributed by atoms with van der Waals surface area (Å²) >= 11 is 0. The molecular weight excluding hydrogens is 243 g/mol. The molecule has 1 aromatic rings.